The van der Waals surface area contributed by atoms with Gasteiger partial charge < -0.3 is 5.73 Å². The van der Waals surface area contributed by atoms with Gasteiger partial charge in [-0.25, -0.2) is 9.97 Å². The summed E-state index contributed by atoms with van der Waals surface area (Å²) < 4.78 is 0. The van der Waals surface area contributed by atoms with Crippen LogP contribution in [0.3, 0.4) is 0 Å². The summed E-state index contributed by atoms with van der Waals surface area (Å²) in [5.41, 5.74) is 9.14. The fraction of sp³-hybridized carbons (Fsp3) is 0.357. The zero-order chi connectivity index (χ0) is 12.5. The quantitative estimate of drug-likeness (QED) is 0.893. The maximum atomic E-state index is 5.97. The van der Waals surface area contributed by atoms with Gasteiger partial charge >= 0.3 is 0 Å². The topological polar surface area (TPSA) is 64.7 Å². The molecule has 0 atom stereocenters. The van der Waals surface area contributed by atoms with Gasteiger partial charge in [0.15, 0.2) is 0 Å². The van der Waals surface area contributed by atoms with Gasteiger partial charge in [0.25, 0.3) is 0 Å². The van der Waals surface area contributed by atoms with E-state index in [4.69, 9.17) is 5.73 Å². The Morgan fingerprint density at radius 3 is 2.83 bits per heavy atom. The van der Waals surface area contributed by atoms with Gasteiger partial charge in [0.05, 0.1) is 5.69 Å². The van der Waals surface area contributed by atoms with Gasteiger partial charge in [-0.3, -0.25) is 4.98 Å². The van der Waals surface area contributed by atoms with E-state index in [-0.39, 0.29) is 0 Å². The second-order valence-electron chi connectivity index (χ2n) is 4.85. The Balaban J connectivity index is 1.95. The normalized spacial score (nSPS) is 14.7. The lowest BCUT2D eigenvalue weighted by atomic mass is 10.1. The molecule has 4 heteroatoms. The molecule has 18 heavy (non-hydrogen) atoms. The lowest BCUT2D eigenvalue weighted by molar-refractivity contribution is 0.878. The van der Waals surface area contributed by atoms with E-state index in [0.29, 0.717) is 11.7 Å². The number of nitrogen functional groups attached to an aromatic ring is 1. The van der Waals surface area contributed by atoms with E-state index in [2.05, 4.69) is 21.0 Å². The summed E-state index contributed by atoms with van der Waals surface area (Å²) >= 11 is 0. The lowest BCUT2D eigenvalue weighted by Gasteiger charge is -2.09. The molecule has 1 saturated carbocycles. The number of aromatic nitrogens is 3. The van der Waals surface area contributed by atoms with E-state index in [9.17, 15) is 0 Å². The Labute approximate surface area is 106 Å². The largest absolute Gasteiger partial charge is 0.383 e. The molecule has 92 valence electrons. The van der Waals surface area contributed by atoms with Crippen LogP contribution in [0.25, 0.3) is 0 Å². The minimum absolute atomic E-state index is 0.528. The van der Waals surface area contributed by atoms with Gasteiger partial charge in [0, 0.05) is 30.3 Å². The van der Waals surface area contributed by atoms with Gasteiger partial charge in [-0.1, -0.05) is 6.07 Å². The molecule has 0 amide bonds. The Kier molecular flexibility index (Phi) is 2.70. The summed E-state index contributed by atoms with van der Waals surface area (Å²) in [5.74, 6) is 2.06. The number of nitrogens with zero attached hydrogens (tertiary/aromatic N) is 3. The molecule has 1 fully saturated rings. The molecule has 1 aliphatic rings. The lowest BCUT2D eigenvalue weighted by Crippen LogP contribution is -2.07. The second-order valence-corrected chi connectivity index (χ2v) is 4.85. The molecule has 2 N–H and O–H groups in total. The standard InChI is InChI=1S/C14H16N4/c1-9-12(7-10-3-2-6-16-8-10)17-14(11-4-5-11)18-13(9)15/h2-3,6,8,11H,4-5,7H2,1H3,(H2,15,17,18). The number of anilines is 1. The van der Waals surface area contributed by atoms with Crippen molar-refractivity contribution in [1.82, 2.24) is 15.0 Å². The van der Waals surface area contributed by atoms with Crippen molar-refractivity contribution in [3.63, 3.8) is 0 Å². The van der Waals surface area contributed by atoms with E-state index in [1.165, 1.54) is 12.8 Å². The highest BCUT2D eigenvalue weighted by molar-refractivity contribution is 5.43. The van der Waals surface area contributed by atoms with Crippen molar-refractivity contribution in [2.24, 2.45) is 0 Å². The van der Waals surface area contributed by atoms with Crippen molar-refractivity contribution in [3.05, 3.63) is 47.2 Å². The Hall–Kier alpha value is -1.97. The van der Waals surface area contributed by atoms with Crippen LogP contribution in [0.1, 0.15) is 41.4 Å². The first-order valence-corrected chi connectivity index (χ1v) is 6.26. The van der Waals surface area contributed by atoms with Crippen molar-refractivity contribution < 1.29 is 0 Å². The van der Waals surface area contributed by atoms with Crippen molar-refractivity contribution >= 4 is 5.82 Å². The smallest absolute Gasteiger partial charge is 0.134 e. The predicted molar refractivity (Wildman–Crippen MR) is 70.2 cm³/mol. The summed E-state index contributed by atoms with van der Waals surface area (Å²) in [4.78, 5) is 13.2. The average molecular weight is 240 g/mol. The summed E-state index contributed by atoms with van der Waals surface area (Å²) in [7, 11) is 0. The van der Waals surface area contributed by atoms with Crippen LogP contribution in [0.5, 0.6) is 0 Å². The van der Waals surface area contributed by atoms with Gasteiger partial charge in [0.2, 0.25) is 0 Å². The highest BCUT2D eigenvalue weighted by Crippen LogP contribution is 2.38. The molecule has 0 aromatic carbocycles. The van der Waals surface area contributed by atoms with E-state index in [0.717, 1.165) is 29.1 Å². The Bertz CT molecular complexity index is 562. The molecule has 0 bridgehead atoms. The molecule has 0 radical (unpaired) electrons. The van der Waals surface area contributed by atoms with E-state index in [1.807, 2.05) is 19.2 Å². The fourth-order valence-electron chi connectivity index (χ4n) is 1.99. The first-order valence-electron chi connectivity index (χ1n) is 6.26. The molecule has 2 heterocycles. The van der Waals surface area contributed by atoms with E-state index >= 15 is 0 Å². The van der Waals surface area contributed by atoms with Crippen LogP contribution in [0.2, 0.25) is 0 Å². The zero-order valence-electron chi connectivity index (χ0n) is 10.4. The number of hydrogen-bond acceptors (Lipinski definition) is 4. The highest BCUT2D eigenvalue weighted by atomic mass is 15.0. The molecule has 0 unspecified atom stereocenters. The Morgan fingerprint density at radius 2 is 2.17 bits per heavy atom. The molecule has 0 saturated heterocycles. The Morgan fingerprint density at radius 1 is 1.33 bits per heavy atom. The summed E-state index contributed by atoms with van der Waals surface area (Å²) in [6.07, 6.45) is 6.80. The van der Waals surface area contributed by atoms with Gasteiger partial charge in [0.1, 0.15) is 11.6 Å². The van der Waals surface area contributed by atoms with Crippen LogP contribution in [-0.2, 0) is 6.42 Å². The van der Waals surface area contributed by atoms with Crippen molar-refractivity contribution in [2.45, 2.75) is 32.1 Å². The van der Waals surface area contributed by atoms with Crippen molar-refractivity contribution in [2.75, 3.05) is 5.73 Å². The molecule has 3 rings (SSSR count). The third-order valence-electron chi connectivity index (χ3n) is 3.34. The van der Waals surface area contributed by atoms with Crippen molar-refractivity contribution in [3.8, 4) is 0 Å². The van der Waals surface area contributed by atoms with E-state index in [1.54, 1.807) is 6.20 Å². The van der Waals surface area contributed by atoms with Crippen LogP contribution in [0, 0.1) is 6.92 Å². The highest BCUT2D eigenvalue weighted by Gasteiger charge is 2.27. The van der Waals surface area contributed by atoms with Crippen LogP contribution < -0.4 is 5.73 Å². The minimum Gasteiger partial charge on any atom is -0.383 e. The van der Waals surface area contributed by atoms with Gasteiger partial charge in [-0.2, -0.15) is 0 Å². The molecule has 0 spiro atoms. The first-order chi connectivity index (χ1) is 8.74. The van der Waals surface area contributed by atoms with Crippen LogP contribution in [0.4, 0.5) is 5.82 Å². The third-order valence-corrected chi connectivity index (χ3v) is 3.34. The maximum Gasteiger partial charge on any atom is 0.134 e. The molecule has 2 aromatic rings. The van der Waals surface area contributed by atoms with Crippen LogP contribution in [-0.4, -0.2) is 15.0 Å². The number of hydrogen-bond donors (Lipinski definition) is 1. The first kappa shape index (κ1) is 11.1. The molecular weight excluding hydrogens is 224 g/mol. The SMILES string of the molecule is Cc1c(N)nc(C2CC2)nc1Cc1cccnc1. The van der Waals surface area contributed by atoms with Crippen LogP contribution in [0.15, 0.2) is 24.5 Å². The molecule has 2 aromatic heterocycles. The van der Waals surface area contributed by atoms with Crippen LogP contribution >= 0.6 is 0 Å². The van der Waals surface area contributed by atoms with Gasteiger partial charge in [-0.05, 0) is 31.4 Å². The maximum absolute atomic E-state index is 5.97. The fourth-order valence-corrected chi connectivity index (χ4v) is 1.99. The number of rotatable bonds is 3. The summed E-state index contributed by atoms with van der Waals surface area (Å²) in [6.45, 7) is 1.98. The van der Waals surface area contributed by atoms with Crippen molar-refractivity contribution in [1.29, 1.82) is 0 Å². The number of nitrogens with two attached hydrogens (primary N) is 1. The predicted octanol–water partition coefficient (Wildman–Crippen LogP) is 2.23. The van der Waals surface area contributed by atoms with Gasteiger partial charge in [-0.15, -0.1) is 0 Å². The second kappa shape index (κ2) is 4.37. The average Bonchev–Trinajstić information content (AvgIpc) is 3.20. The molecule has 4 nitrogen and oxygen atoms in total. The molecular formula is C14H16N4. The summed E-state index contributed by atoms with van der Waals surface area (Å²) in [6, 6.07) is 4.00. The zero-order valence-corrected chi connectivity index (χ0v) is 10.4. The minimum atomic E-state index is 0.528. The monoisotopic (exact) mass is 240 g/mol. The third kappa shape index (κ3) is 2.18. The molecule has 0 aliphatic heterocycles. The van der Waals surface area contributed by atoms with E-state index < -0.39 is 0 Å². The summed E-state index contributed by atoms with van der Waals surface area (Å²) in [5, 5.41) is 0. The molecule has 1 aliphatic carbocycles. The number of pyridine rings is 1.